The smallest absolute Gasteiger partial charge is 0.226 e. The maximum Gasteiger partial charge on any atom is 0.226 e. The lowest BCUT2D eigenvalue weighted by Crippen LogP contribution is -2.47. The molecule has 1 fully saturated rings. The van der Waals surface area contributed by atoms with E-state index in [0.717, 1.165) is 17.0 Å². The highest BCUT2D eigenvalue weighted by atomic mass is 16.4. The van der Waals surface area contributed by atoms with Crippen molar-refractivity contribution in [1.29, 1.82) is 0 Å². The maximum absolute atomic E-state index is 12.8. The van der Waals surface area contributed by atoms with Crippen molar-refractivity contribution < 1.29 is 14.3 Å². The predicted octanol–water partition coefficient (Wildman–Crippen LogP) is 1.71. The summed E-state index contributed by atoms with van der Waals surface area (Å²) in [6.07, 6.45) is 2.05. The fraction of sp³-hybridized carbons (Fsp3) is 0.474. The average molecular weight is 341 g/mol. The van der Waals surface area contributed by atoms with Gasteiger partial charge >= 0.3 is 0 Å². The Morgan fingerprint density at radius 2 is 2.08 bits per heavy atom. The number of nitrogens with two attached hydrogens (primary N) is 1. The number of hydrogen-bond acceptors (Lipinski definition) is 5. The number of hydrogen-bond donors (Lipinski definition) is 2. The summed E-state index contributed by atoms with van der Waals surface area (Å²) in [6.45, 7) is 1.13. The molecule has 2 aliphatic rings. The van der Waals surface area contributed by atoms with Crippen molar-refractivity contribution in [3.63, 3.8) is 0 Å². The summed E-state index contributed by atoms with van der Waals surface area (Å²) in [5.74, 6) is 1.51. The van der Waals surface area contributed by atoms with E-state index in [-0.39, 0.29) is 17.9 Å². The number of benzene rings is 1. The van der Waals surface area contributed by atoms with E-state index in [1.807, 2.05) is 35.2 Å². The predicted molar refractivity (Wildman–Crippen MR) is 92.4 cm³/mol. The lowest BCUT2D eigenvalue weighted by atomic mass is 9.83. The van der Waals surface area contributed by atoms with Crippen molar-refractivity contribution in [2.45, 2.75) is 44.4 Å². The van der Waals surface area contributed by atoms with Crippen LogP contribution in [0.15, 0.2) is 34.7 Å². The van der Waals surface area contributed by atoms with Gasteiger partial charge in [0.25, 0.3) is 0 Å². The van der Waals surface area contributed by atoms with Crippen LogP contribution < -0.4 is 5.73 Å². The molecule has 1 aliphatic carbocycles. The van der Waals surface area contributed by atoms with Crippen molar-refractivity contribution >= 4 is 5.91 Å². The van der Waals surface area contributed by atoms with Crippen LogP contribution in [0.2, 0.25) is 0 Å². The van der Waals surface area contributed by atoms with Gasteiger partial charge in [-0.15, -0.1) is 0 Å². The van der Waals surface area contributed by atoms with Crippen LogP contribution in [0.25, 0.3) is 11.5 Å². The molecule has 0 spiro atoms. The third-order valence-corrected chi connectivity index (χ3v) is 5.27. The third-order valence-electron chi connectivity index (χ3n) is 5.27. The molecule has 2 aromatic rings. The Bertz CT molecular complexity index is 759. The number of carbonyl (C=O) groups is 1. The highest BCUT2D eigenvalue weighted by molar-refractivity contribution is 5.79. The first-order chi connectivity index (χ1) is 12.1. The molecule has 6 nitrogen and oxygen atoms in total. The lowest BCUT2D eigenvalue weighted by molar-refractivity contribution is -0.138. The Hall–Kier alpha value is -2.18. The molecule has 2 heterocycles. The van der Waals surface area contributed by atoms with Crippen molar-refractivity contribution in [1.82, 2.24) is 9.88 Å². The van der Waals surface area contributed by atoms with Gasteiger partial charge in [0, 0.05) is 30.5 Å². The summed E-state index contributed by atoms with van der Waals surface area (Å²) in [5, 5.41) is 9.76. The highest BCUT2D eigenvalue weighted by Gasteiger charge is 2.35. The maximum atomic E-state index is 12.8. The minimum atomic E-state index is -0.485. The zero-order valence-corrected chi connectivity index (χ0v) is 14.1. The van der Waals surface area contributed by atoms with Crippen LogP contribution in [-0.2, 0) is 17.8 Å². The molecule has 3 atom stereocenters. The van der Waals surface area contributed by atoms with Crippen LogP contribution in [0.3, 0.4) is 0 Å². The zero-order chi connectivity index (χ0) is 17.4. The van der Waals surface area contributed by atoms with Gasteiger partial charge in [-0.2, -0.15) is 0 Å². The number of fused-ring (bicyclic) bond motifs is 1. The van der Waals surface area contributed by atoms with Crippen molar-refractivity contribution in [2.24, 2.45) is 11.7 Å². The number of aliphatic hydroxyl groups excluding tert-OH is 1. The molecule has 1 aromatic carbocycles. The minimum Gasteiger partial charge on any atom is -0.441 e. The fourth-order valence-electron chi connectivity index (χ4n) is 3.76. The summed E-state index contributed by atoms with van der Waals surface area (Å²) >= 11 is 0. The quantitative estimate of drug-likeness (QED) is 0.867. The lowest BCUT2D eigenvalue weighted by Gasteiger charge is -2.34. The average Bonchev–Trinajstić information content (AvgIpc) is 3.07. The fourth-order valence-corrected chi connectivity index (χ4v) is 3.76. The Balaban J connectivity index is 1.48. The molecular formula is C19H23N3O3. The van der Waals surface area contributed by atoms with Gasteiger partial charge in [-0.05, 0) is 31.4 Å². The monoisotopic (exact) mass is 341 g/mol. The van der Waals surface area contributed by atoms with Gasteiger partial charge in [-0.3, -0.25) is 4.79 Å². The van der Waals surface area contributed by atoms with Gasteiger partial charge in [-0.1, -0.05) is 18.2 Å². The van der Waals surface area contributed by atoms with Crippen molar-refractivity contribution in [3.8, 4) is 11.5 Å². The van der Waals surface area contributed by atoms with E-state index in [1.165, 1.54) is 0 Å². The molecule has 0 radical (unpaired) electrons. The van der Waals surface area contributed by atoms with E-state index in [1.54, 1.807) is 0 Å². The summed E-state index contributed by atoms with van der Waals surface area (Å²) in [7, 11) is 0. The van der Waals surface area contributed by atoms with E-state index in [9.17, 15) is 9.90 Å². The van der Waals surface area contributed by atoms with Crippen molar-refractivity contribution in [3.05, 3.63) is 41.8 Å². The van der Waals surface area contributed by atoms with Gasteiger partial charge in [0.15, 0.2) is 0 Å². The van der Waals surface area contributed by atoms with Gasteiger partial charge in [0.05, 0.1) is 12.6 Å². The first kappa shape index (κ1) is 16.3. The third kappa shape index (κ3) is 3.19. The zero-order valence-electron chi connectivity index (χ0n) is 14.1. The molecule has 132 valence electrons. The number of rotatable bonds is 2. The van der Waals surface area contributed by atoms with Crippen LogP contribution in [0.5, 0.6) is 0 Å². The summed E-state index contributed by atoms with van der Waals surface area (Å²) in [4.78, 5) is 19.3. The SMILES string of the molecule is N[C@@H]1C[C@@H](C(=O)N2CCc3oc(-c4ccccc4)nc3C2)CC[C@H]1O. The van der Waals surface area contributed by atoms with Gasteiger partial charge in [-0.25, -0.2) is 4.98 Å². The first-order valence-electron chi connectivity index (χ1n) is 8.88. The minimum absolute atomic E-state index is 0.0968. The van der Waals surface area contributed by atoms with Gasteiger partial charge in [0.1, 0.15) is 11.5 Å². The van der Waals surface area contributed by atoms with Crippen LogP contribution in [0, 0.1) is 5.92 Å². The number of aliphatic hydroxyl groups is 1. The Kier molecular flexibility index (Phi) is 4.31. The van der Waals surface area contributed by atoms with Crippen LogP contribution in [0.4, 0.5) is 0 Å². The molecule has 1 aromatic heterocycles. The molecule has 1 saturated carbocycles. The van der Waals surface area contributed by atoms with E-state index in [2.05, 4.69) is 4.98 Å². The summed E-state index contributed by atoms with van der Waals surface area (Å²) in [6, 6.07) is 9.49. The second kappa shape index (κ2) is 6.61. The molecule has 0 saturated heterocycles. The normalized spacial score (nSPS) is 26.3. The Morgan fingerprint density at radius 3 is 2.84 bits per heavy atom. The number of aromatic nitrogens is 1. The summed E-state index contributed by atoms with van der Waals surface area (Å²) in [5.41, 5.74) is 7.72. The standard InChI is InChI=1S/C19H23N3O3/c20-14-10-13(6-7-16(14)23)19(24)22-9-8-17-15(11-22)21-18(25-17)12-4-2-1-3-5-12/h1-5,13-14,16,23H,6-11,20H2/t13-,14+,16+/m0/s1. The number of nitrogens with zero attached hydrogens (tertiary/aromatic N) is 2. The Labute approximate surface area is 146 Å². The Morgan fingerprint density at radius 1 is 1.28 bits per heavy atom. The number of carbonyl (C=O) groups excluding carboxylic acids is 1. The van der Waals surface area contributed by atoms with Gasteiger partial charge < -0.3 is 20.2 Å². The summed E-state index contributed by atoms with van der Waals surface area (Å²) < 4.78 is 5.89. The topological polar surface area (TPSA) is 92.6 Å². The second-order valence-corrected chi connectivity index (χ2v) is 7.01. The number of amides is 1. The van der Waals surface area contributed by atoms with E-state index < -0.39 is 6.10 Å². The van der Waals surface area contributed by atoms with Crippen LogP contribution in [0.1, 0.15) is 30.7 Å². The van der Waals surface area contributed by atoms with E-state index in [4.69, 9.17) is 10.2 Å². The van der Waals surface area contributed by atoms with E-state index in [0.29, 0.717) is 44.7 Å². The van der Waals surface area contributed by atoms with Crippen LogP contribution in [-0.4, -0.2) is 39.6 Å². The molecule has 1 aliphatic heterocycles. The first-order valence-corrected chi connectivity index (χ1v) is 8.88. The molecule has 0 bridgehead atoms. The van der Waals surface area contributed by atoms with Gasteiger partial charge in [0.2, 0.25) is 11.8 Å². The molecular weight excluding hydrogens is 318 g/mol. The largest absolute Gasteiger partial charge is 0.441 e. The molecule has 3 N–H and O–H groups in total. The van der Waals surface area contributed by atoms with Crippen molar-refractivity contribution in [2.75, 3.05) is 6.54 Å². The molecule has 4 rings (SSSR count). The molecule has 0 unspecified atom stereocenters. The number of oxazole rings is 1. The van der Waals surface area contributed by atoms with E-state index >= 15 is 0 Å². The van der Waals surface area contributed by atoms with Crippen LogP contribution >= 0.6 is 0 Å². The molecule has 25 heavy (non-hydrogen) atoms. The molecule has 6 heteroatoms. The second-order valence-electron chi connectivity index (χ2n) is 7.01. The highest BCUT2D eigenvalue weighted by Crippen LogP contribution is 2.30. The molecule has 1 amide bonds.